The molecular weight excluding hydrogens is 308 g/mol. The number of nitrogens with two attached hydrogens (primary N) is 2. The van der Waals surface area contributed by atoms with Gasteiger partial charge in [0.05, 0.1) is 10.9 Å². The van der Waals surface area contributed by atoms with Crippen LogP contribution in [0, 0.1) is 13.8 Å². The van der Waals surface area contributed by atoms with E-state index in [1.165, 1.54) is 6.07 Å². The van der Waals surface area contributed by atoms with E-state index in [9.17, 15) is 8.42 Å². The number of anilines is 2. The van der Waals surface area contributed by atoms with E-state index in [0.29, 0.717) is 16.9 Å². The van der Waals surface area contributed by atoms with Gasteiger partial charge in [0.2, 0.25) is 10.0 Å². The minimum absolute atomic E-state index is 0.0347. The first-order valence-corrected chi connectivity index (χ1v) is 8.66. The van der Waals surface area contributed by atoms with E-state index in [0.717, 1.165) is 9.88 Å². The Bertz CT molecular complexity index is 768. The van der Waals surface area contributed by atoms with Gasteiger partial charge in [0.15, 0.2) is 0 Å². The standard InChI is InChI=1S/C13H18N4O2S2/c1-7-6-16-13(20-7)9(3)17-11-4-10(14)5-12(8(11)2)21(15,18)19/h4-6,9,17H,14H2,1-3H3,(H2,15,18,19). The average molecular weight is 326 g/mol. The number of nitrogens with one attached hydrogen (secondary N) is 1. The Balaban J connectivity index is 2.39. The first kappa shape index (κ1) is 15.7. The molecule has 2 rings (SSSR count). The SMILES string of the molecule is Cc1cnc(C(C)Nc2cc(N)cc(S(N)(=O)=O)c2C)s1. The van der Waals surface area contributed by atoms with Crippen LogP contribution in [-0.2, 0) is 10.0 Å². The molecule has 0 saturated carbocycles. The fourth-order valence-electron chi connectivity index (χ4n) is 2.02. The van der Waals surface area contributed by atoms with Crippen molar-refractivity contribution in [1.82, 2.24) is 4.98 Å². The summed E-state index contributed by atoms with van der Waals surface area (Å²) >= 11 is 1.59. The number of aryl methyl sites for hydroxylation is 1. The molecule has 0 amide bonds. The van der Waals surface area contributed by atoms with Crippen LogP contribution in [-0.4, -0.2) is 13.4 Å². The Morgan fingerprint density at radius 1 is 1.33 bits per heavy atom. The summed E-state index contributed by atoms with van der Waals surface area (Å²) in [7, 11) is -3.81. The largest absolute Gasteiger partial charge is 0.399 e. The highest BCUT2D eigenvalue weighted by Gasteiger charge is 2.17. The van der Waals surface area contributed by atoms with Crippen molar-refractivity contribution >= 4 is 32.7 Å². The number of nitrogens with zero attached hydrogens (tertiary/aromatic N) is 1. The summed E-state index contributed by atoms with van der Waals surface area (Å²) in [5.74, 6) is 0. The van der Waals surface area contributed by atoms with E-state index in [4.69, 9.17) is 10.9 Å². The van der Waals surface area contributed by atoms with Gasteiger partial charge in [-0.05, 0) is 38.5 Å². The molecule has 0 aliphatic carbocycles. The smallest absolute Gasteiger partial charge is 0.238 e. The van der Waals surface area contributed by atoms with Crippen molar-refractivity contribution < 1.29 is 8.42 Å². The van der Waals surface area contributed by atoms with Crippen LogP contribution in [0.15, 0.2) is 23.2 Å². The van der Waals surface area contributed by atoms with E-state index in [2.05, 4.69) is 10.3 Å². The lowest BCUT2D eigenvalue weighted by atomic mass is 10.1. The molecule has 21 heavy (non-hydrogen) atoms. The number of aromatic nitrogens is 1. The highest BCUT2D eigenvalue weighted by Crippen LogP contribution is 2.30. The van der Waals surface area contributed by atoms with Gasteiger partial charge in [-0.25, -0.2) is 18.5 Å². The summed E-state index contributed by atoms with van der Waals surface area (Å²) in [6.45, 7) is 5.64. The first-order chi connectivity index (χ1) is 9.68. The maximum Gasteiger partial charge on any atom is 0.238 e. The number of thiazole rings is 1. The summed E-state index contributed by atoms with van der Waals surface area (Å²) < 4.78 is 23.2. The van der Waals surface area contributed by atoms with Gasteiger partial charge in [-0.3, -0.25) is 0 Å². The molecule has 0 spiro atoms. The summed E-state index contributed by atoms with van der Waals surface area (Å²) in [4.78, 5) is 5.47. The van der Waals surface area contributed by atoms with Gasteiger partial charge in [-0.2, -0.15) is 0 Å². The monoisotopic (exact) mass is 326 g/mol. The number of hydrogen-bond donors (Lipinski definition) is 3. The Hall–Kier alpha value is -1.64. The second-order valence-electron chi connectivity index (χ2n) is 4.91. The van der Waals surface area contributed by atoms with Gasteiger partial charge in [0, 0.05) is 22.4 Å². The Morgan fingerprint density at radius 2 is 2.00 bits per heavy atom. The van der Waals surface area contributed by atoms with Crippen molar-refractivity contribution in [3.8, 4) is 0 Å². The van der Waals surface area contributed by atoms with Crippen molar-refractivity contribution in [3.63, 3.8) is 0 Å². The van der Waals surface area contributed by atoms with Crippen LogP contribution in [0.2, 0.25) is 0 Å². The third-order valence-electron chi connectivity index (χ3n) is 3.07. The van der Waals surface area contributed by atoms with Crippen molar-refractivity contribution in [1.29, 1.82) is 0 Å². The quantitative estimate of drug-likeness (QED) is 0.746. The van der Waals surface area contributed by atoms with Crippen LogP contribution in [0.4, 0.5) is 11.4 Å². The van der Waals surface area contributed by atoms with Crippen LogP contribution < -0.4 is 16.2 Å². The molecule has 1 heterocycles. The number of rotatable bonds is 4. The van der Waals surface area contributed by atoms with Crippen molar-refractivity contribution in [2.75, 3.05) is 11.1 Å². The Morgan fingerprint density at radius 3 is 2.52 bits per heavy atom. The van der Waals surface area contributed by atoms with Crippen LogP contribution >= 0.6 is 11.3 Å². The lowest BCUT2D eigenvalue weighted by Crippen LogP contribution is -2.16. The normalized spacial score (nSPS) is 13.1. The minimum Gasteiger partial charge on any atom is -0.399 e. The van der Waals surface area contributed by atoms with Crippen LogP contribution in [0.1, 0.15) is 28.4 Å². The van der Waals surface area contributed by atoms with Crippen LogP contribution in [0.5, 0.6) is 0 Å². The van der Waals surface area contributed by atoms with Gasteiger partial charge >= 0.3 is 0 Å². The molecule has 0 bridgehead atoms. The van der Waals surface area contributed by atoms with Crippen LogP contribution in [0.3, 0.4) is 0 Å². The van der Waals surface area contributed by atoms with E-state index in [1.807, 2.05) is 13.8 Å². The highest BCUT2D eigenvalue weighted by molar-refractivity contribution is 7.89. The van der Waals surface area contributed by atoms with Gasteiger partial charge in [-0.15, -0.1) is 11.3 Å². The van der Waals surface area contributed by atoms with Gasteiger partial charge < -0.3 is 11.1 Å². The molecule has 0 radical (unpaired) electrons. The molecule has 114 valence electrons. The number of primary sulfonamides is 1. The number of nitrogen functional groups attached to an aromatic ring is 1. The van der Waals surface area contributed by atoms with Crippen LogP contribution in [0.25, 0.3) is 0 Å². The third kappa shape index (κ3) is 3.52. The second kappa shape index (κ2) is 5.63. The highest BCUT2D eigenvalue weighted by atomic mass is 32.2. The van der Waals surface area contributed by atoms with Gasteiger partial charge in [0.1, 0.15) is 5.01 Å². The minimum atomic E-state index is -3.81. The zero-order valence-electron chi connectivity index (χ0n) is 12.0. The third-order valence-corrected chi connectivity index (χ3v) is 5.20. The molecule has 0 saturated heterocycles. The van der Waals surface area contributed by atoms with Crippen molar-refractivity contribution in [2.24, 2.45) is 5.14 Å². The molecule has 0 aliphatic heterocycles. The average Bonchev–Trinajstić information content (AvgIpc) is 2.78. The lowest BCUT2D eigenvalue weighted by molar-refractivity contribution is 0.597. The molecular formula is C13H18N4O2S2. The molecule has 5 N–H and O–H groups in total. The molecule has 1 aromatic carbocycles. The molecule has 0 aliphatic rings. The number of sulfonamides is 1. The molecule has 0 fully saturated rings. The fraction of sp³-hybridized carbons (Fsp3) is 0.308. The Labute approximate surface area is 128 Å². The predicted molar refractivity (Wildman–Crippen MR) is 85.9 cm³/mol. The predicted octanol–water partition coefficient (Wildman–Crippen LogP) is 2.16. The zero-order chi connectivity index (χ0) is 15.8. The van der Waals surface area contributed by atoms with Gasteiger partial charge in [-0.1, -0.05) is 0 Å². The fourth-order valence-corrected chi connectivity index (χ4v) is 3.64. The van der Waals surface area contributed by atoms with E-state index in [-0.39, 0.29) is 10.9 Å². The molecule has 6 nitrogen and oxygen atoms in total. The summed E-state index contributed by atoms with van der Waals surface area (Å²) in [6.07, 6.45) is 1.81. The zero-order valence-corrected chi connectivity index (χ0v) is 13.7. The van der Waals surface area contributed by atoms with Gasteiger partial charge in [0.25, 0.3) is 0 Å². The topological polar surface area (TPSA) is 111 Å². The van der Waals surface area contributed by atoms with Crippen molar-refractivity contribution in [3.05, 3.63) is 33.8 Å². The van der Waals surface area contributed by atoms with E-state index in [1.54, 1.807) is 30.5 Å². The first-order valence-electron chi connectivity index (χ1n) is 6.30. The maximum absolute atomic E-state index is 11.6. The molecule has 1 atom stereocenters. The lowest BCUT2D eigenvalue weighted by Gasteiger charge is -2.17. The molecule has 1 unspecified atom stereocenters. The molecule has 8 heteroatoms. The summed E-state index contributed by atoms with van der Waals surface area (Å²) in [5, 5.41) is 9.38. The molecule has 2 aromatic rings. The van der Waals surface area contributed by atoms with E-state index < -0.39 is 10.0 Å². The number of hydrogen-bond acceptors (Lipinski definition) is 6. The van der Waals surface area contributed by atoms with Crippen molar-refractivity contribution in [2.45, 2.75) is 31.7 Å². The Kier molecular flexibility index (Phi) is 4.22. The second-order valence-corrected chi connectivity index (χ2v) is 7.71. The number of benzene rings is 1. The van der Waals surface area contributed by atoms with E-state index >= 15 is 0 Å². The molecule has 1 aromatic heterocycles. The summed E-state index contributed by atoms with van der Waals surface area (Å²) in [6, 6.07) is 3.01. The summed E-state index contributed by atoms with van der Waals surface area (Å²) in [5.41, 5.74) is 7.30. The maximum atomic E-state index is 11.6.